The predicted octanol–water partition coefficient (Wildman–Crippen LogP) is 6.09. The number of ketones is 1. The highest BCUT2D eigenvalue weighted by molar-refractivity contribution is 9.10. The predicted molar refractivity (Wildman–Crippen MR) is 109 cm³/mol. The first-order valence-electron chi connectivity index (χ1n) is 8.72. The second-order valence-electron chi connectivity index (χ2n) is 6.44. The molecule has 140 valence electrons. The quantitative estimate of drug-likeness (QED) is 0.462. The van der Waals surface area contributed by atoms with Gasteiger partial charge in [-0.1, -0.05) is 46.3 Å². The van der Waals surface area contributed by atoms with Crippen LogP contribution >= 0.6 is 15.9 Å². The Balaban J connectivity index is 1.59. The smallest absolute Gasteiger partial charge is 0.231 e. The van der Waals surface area contributed by atoms with E-state index in [1.165, 1.54) is 6.07 Å². The highest BCUT2D eigenvalue weighted by Gasteiger charge is 2.30. The Hall–Kier alpha value is -2.92. The van der Waals surface area contributed by atoms with E-state index in [4.69, 9.17) is 9.47 Å². The molecule has 0 spiro atoms. The zero-order valence-electron chi connectivity index (χ0n) is 15.0. The lowest BCUT2D eigenvalue weighted by molar-refractivity contribution is 0.101. The molecule has 0 N–H and O–H groups in total. The van der Waals surface area contributed by atoms with Crippen LogP contribution in [0.1, 0.15) is 27.0 Å². The molecule has 5 heteroatoms. The lowest BCUT2D eigenvalue weighted by Crippen LogP contribution is -2.00. The average Bonchev–Trinajstić information content (AvgIpc) is 2.99. The van der Waals surface area contributed by atoms with Gasteiger partial charge in [-0.3, -0.25) is 4.79 Å². The lowest BCUT2D eigenvalue weighted by atomic mass is 10.1. The Morgan fingerprint density at radius 2 is 1.93 bits per heavy atom. The molecule has 3 aromatic rings. The van der Waals surface area contributed by atoms with Crippen molar-refractivity contribution in [3.8, 4) is 11.5 Å². The third kappa shape index (κ3) is 3.58. The Labute approximate surface area is 170 Å². The number of carbonyl (C=O) groups excluding carboxylic acids is 1. The van der Waals surface area contributed by atoms with E-state index in [2.05, 4.69) is 15.9 Å². The largest absolute Gasteiger partial charge is 0.488 e. The summed E-state index contributed by atoms with van der Waals surface area (Å²) in [4.78, 5) is 12.7. The second kappa shape index (κ2) is 7.60. The minimum Gasteiger partial charge on any atom is -0.488 e. The van der Waals surface area contributed by atoms with E-state index in [1.54, 1.807) is 36.4 Å². The monoisotopic (exact) mass is 438 g/mol. The van der Waals surface area contributed by atoms with Crippen LogP contribution < -0.4 is 9.47 Å². The van der Waals surface area contributed by atoms with Crippen molar-refractivity contribution >= 4 is 27.8 Å². The number of Topliss-reactive ketones (excluding diaryl/α,β-unsaturated/α-hetero) is 1. The number of ether oxygens (including phenoxy) is 2. The molecule has 0 aromatic heterocycles. The SMILES string of the molecule is Cc1c(OCc2ccccc2F)ccc2c1O/C(=C\c1cccc(Br)c1)C2=O. The molecular weight excluding hydrogens is 423 g/mol. The van der Waals surface area contributed by atoms with Gasteiger partial charge in [0.2, 0.25) is 5.78 Å². The minimum absolute atomic E-state index is 0.0982. The normalized spacial score (nSPS) is 14.1. The van der Waals surface area contributed by atoms with Crippen molar-refractivity contribution in [1.29, 1.82) is 0 Å². The Kier molecular flexibility index (Phi) is 5.01. The fourth-order valence-electron chi connectivity index (χ4n) is 3.04. The summed E-state index contributed by atoms with van der Waals surface area (Å²) in [6, 6.07) is 17.5. The summed E-state index contributed by atoms with van der Waals surface area (Å²) < 4.78 is 26.3. The standard InChI is InChI=1S/C23H16BrFO3/c1-14-20(27-13-16-6-2-3-8-19(16)25)10-9-18-22(26)21(28-23(14)18)12-15-5-4-7-17(24)11-15/h2-12H,13H2,1H3/b21-12-. The van der Waals surface area contributed by atoms with Gasteiger partial charge in [-0.05, 0) is 48.9 Å². The molecule has 3 nitrogen and oxygen atoms in total. The number of rotatable bonds is 4. The van der Waals surface area contributed by atoms with Gasteiger partial charge in [0, 0.05) is 15.6 Å². The minimum atomic E-state index is -0.313. The zero-order valence-corrected chi connectivity index (χ0v) is 16.6. The van der Waals surface area contributed by atoms with Crippen LogP contribution in [0.25, 0.3) is 6.08 Å². The topological polar surface area (TPSA) is 35.5 Å². The Bertz CT molecular complexity index is 1100. The number of hydrogen-bond donors (Lipinski definition) is 0. The highest BCUT2D eigenvalue weighted by atomic mass is 79.9. The Morgan fingerprint density at radius 1 is 1.11 bits per heavy atom. The van der Waals surface area contributed by atoms with Crippen LogP contribution in [-0.4, -0.2) is 5.78 Å². The average molecular weight is 439 g/mol. The van der Waals surface area contributed by atoms with Crippen LogP contribution in [0.15, 0.2) is 70.9 Å². The van der Waals surface area contributed by atoms with Gasteiger partial charge in [0.15, 0.2) is 5.76 Å². The van der Waals surface area contributed by atoms with E-state index in [9.17, 15) is 9.18 Å². The maximum atomic E-state index is 13.8. The van der Waals surface area contributed by atoms with Crippen molar-refractivity contribution in [3.05, 3.63) is 99.0 Å². The van der Waals surface area contributed by atoms with Crippen LogP contribution in [-0.2, 0) is 6.61 Å². The van der Waals surface area contributed by atoms with Crippen molar-refractivity contribution in [2.24, 2.45) is 0 Å². The third-order valence-electron chi connectivity index (χ3n) is 4.52. The number of hydrogen-bond acceptors (Lipinski definition) is 3. The molecule has 1 aliphatic heterocycles. The lowest BCUT2D eigenvalue weighted by Gasteiger charge is -2.12. The van der Waals surface area contributed by atoms with Crippen molar-refractivity contribution in [2.45, 2.75) is 13.5 Å². The van der Waals surface area contributed by atoms with Gasteiger partial charge in [-0.25, -0.2) is 4.39 Å². The van der Waals surface area contributed by atoms with E-state index in [1.807, 2.05) is 31.2 Å². The van der Waals surface area contributed by atoms with Gasteiger partial charge >= 0.3 is 0 Å². The maximum absolute atomic E-state index is 13.8. The molecule has 1 heterocycles. The fraction of sp³-hybridized carbons (Fsp3) is 0.0870. The van der Waals surface area contributed by atoms with Crippen LogP contribution in [0, 0.1) is 12.7 Å². The summed E-state index contributed by atoms with van der Waals surface area (Å²) in [6.45, 7) is 1.92. The molecule has 28 heavy (non-hydrogen) atoms. The van der Waals surface area contributed by atoms with Crippen molar-refractivity contribution in [3.63, 3.8) is 0 Å². The molecule has 3 aromatic carbocycles. The van der Waals surface area contributed by atoms with Crippen LogP contribution in [0.4, 0.5) is 4.39 Å². The number of halogens is 2. The van der Waals surface area contributed by atoms with Gasteiger partial charge in [0.1, 0.15) is 23.9 Å². The summed E-state index contributed by atoms with van der Waals surface area (Å²) in [5, 5.41) is 0. The molecule has 0 saturated heterocycles. The fourth-order valence-corrected chi connectivity index (χ4v) is 3.46. The molecule has 0 radical (unpaired) electrons. The van der Waals surface area contributed by atoms with E-state index in [-0.39, 0.29) is 24.0 Å². The summed E-state index contributed by atoms with van der Waals surface area (Å²) in [5.74, 6) is 0.823. The molecule has 0 amide bonds. The first-order chi connectivity index (χ1) is 13.5. The van der Waals surface area contributed by atoms with E-state index in [0.29, 0.717) is 28.2 Å². The first-order valence-corrected chi connectivity index (χ1v) is 9.52. The molecule has 0 unspecified atom stereocenters. The number of carbonyl (C=O) groups is 1. The first kappa shape index (κ1) is 18.4. The van der Waals surface area contributed by atoms with Crippen molar-refractivity contribution in [2.75, 3.05) is 0 Å². The van der Waals surface area contributed by atoms with Crippen LogP contribution in [0.2, 0.25) is 0 Å². The molecule has 0 aliphatic carbocycles. The maximum Gasteiger partial charge on any atom is 0.231 e. The number of allylic oxidation sites excluding steroid dienone is 1. The molecule has 1 aliphatic rings. The van der Waals surface area contributed by atoms with E-state index in [0.717, 1.165) is 10.0 Å². The highest BCUT2D eigenvalue weighted by Crippen LogP contribution is 2.39. The van der Waals surface area contributed by atoms with Crippen LogP contribution in [0.5, 0.6) is 11.5 Å². The van der Waals surface area contributed by atoms with Gasteiger partial charge in [-0.15, -0.1) is 0 Å². The van der Waals surface area contributed by atoms with Gasteiger partial charge in [0.05, 0.1) is 5.56 Å². The second-order valence-corrected chi connectivity index (χ2v) is 7.36. The molecular formula is C23H16BrFO3. The zero-order chi connectivity index (χ0) is 19.7. The van der Waals surface area contributed by atoms with Crippen LogP contribution in [0.3, 0.4) is 0 Å². The summed E-state index contributed by atoms with van der Waals surface area (Å²) >= 11 is 3.42. The molecule has 0 fully saturated rings. The molecule has 0 bridgehead atoms. The third-order valence-corrected chi connectivity index (χ3v) is 5.02. The Morgan fingerprint density at radius 3 is 2.71 bits per heavy atom. The van der Waals surface area contributed by atoms with Gasteiger partial charge < -0.3 is 9.47 Å². The number of benzene rings is 3. The van der Waals surface area contributed by atoms with Gasteiger partial charge in [0.25, 0.3) is 0 Å². The molecule has 0 atom stereocenters. The summed E-state index contributed by atoms with van der Waals surface area (Å²) in [6.07, 6.45) is 1.71. The van der Waals surface area contributed by atoms with Crippen molar-refractivity contribution in [1.82, 2.24) is 0 Å². The summed E-state index contributed by atoms with van der Waals surface area (Å²) in [7, 11) is 0. The number of fused-ring (bicyclic) bond motifs is 1. The van der Waals surface area contributed by atoms with E-state index >= 15 is 0 Å². The van der Waals surface area contributed by atoms with E-state index < -0.39 is 0 Å². The summed E-state index contributed by atoms with van der Waals surface area (Å²) in [5.41, 5.74) is 2.53. The molecule has 4 rings (SSSR count). The van der Waals surface area contributed by atoms with Crippen molar-refractivity contribution < 1.29 is 18.7 Å². The van der Waals surface area contributed by atoms with Gasteiger partial charge in [-0.2, -0.15) is 0 Å². The molecule has 0 saturated carbocycles.